The van der Waals surface area contributed by atoms with Crippen LogP contribution in [0, 0.1) is 13.8 Å². The summed E-state index contributed by atoms with van der Waals surface area (Å²) in [6.45, 7) is 7.08. The van der Waals surface area contributed by atoms with Crippen molar-refractivity contribution in [3.63, 3.8) is 0 Å². The third-order valence-electron chi connectivity index (χ3n) is 4.65. The number of nitrogens with two attached hydrogens (primary N) is 1. The molecule has 0 saturated carbocycles. The van der Waals surface area contributed by atoms with Crippen LogP contribution in [0.2, 0.25) is 0 Å². The van der Waals surface area contributed by atoms with Gasteiger partial charge in [0.15, 0.2) is 0 Å². The number of nitrogens with zero attached hydrogens (tertiary/aromatic N) is 1. The number of rotatable bonds is 3. The van der Waals surface area contributed by atoms with Crippen molar-refractivity contribution in [1.29, 1.82) is 0 Å². The van der Waals surface area contributed by atoms with Crippen molar-refractivity contribution in [1.82, 2.24) is 4.90 Å². The summed E-state index contributed by atoms with van der Waals surface area (Å²) in [6.07, 6.45) is 3.29. The SMILES string of the molecule is Cc1ccc(C(CN)N2CC3CCC(C2)O3)cc1C. The third-order valence-corrected chi connectivity index (χ3v) is 4.65. The Hall–Kier alpha value is -0.900. The zero-order valence-electron chi connectivity index (χ0n) is 11.9. The highest BCUT2D eigenvalue weighted by molar-refractivity contribution is 5.32. The van der Waals surface area contributed by atoms with Crippen molar-refractivity contribution in [3.8, 4) is 0 Å². The summed E-state index contributed by atoms with van der Waals surface area (Å²) in [5, 5.41) is 0. The smallest absolute Gasteiger partial charge is 0.0707 e. The number of benzene rings is 1. The number of fused-ring (bicyclic) bond motifs is 2. The Labute approximate surface area is 115 Å². The molecular weight excluding hydrogens is 236 g/mol. The summed E-state index contributed by atoms with van der Waals surface area (Å²) in [5.74, 6) is 0. The van der Waals surface area contributed by atoms with E-state index in [-0.39, 0.29) is 0 Å². The van der Waals surface area contributed by atoms with E-state index in [1.165, 1.54) is 29.5 Å². The predicted octanol–water partition coefficient (Wildman–Crippen LogP) is 2.17. The van der Waals surface area contributed by atoms with E-state index in [1.54, 1.807) is 0 Å². The van der Waals surface area contributed by atoms with Gasteiger partial charge in [0.1, 0.15) is 0 Å². The molecule has 2 saturated heterocycles. The van der Waals surface area contributed by atoms with Crippen LogP contribution in [0.5, 0.6) is 0 Å². The van der Waals surface area contributed by atoms with E-state index >= 15 is 0 Å². The minimum absolute atomic E-state index is 0.339. The zero-order chi connectivity index (χ0) is 13.4. The van der Waals surface area contributed by atoms with Gasteiger partial charge in [-0.15, -0.1) is 0 Å². The van der Waals surface area contributed by atoms with Crippen LogP contribution >= 0.6 is 0 Å². The number of morpholine rings is 1. The fraction of sp³-hybridized carbons (Fsp3) is 0.625. The summed E-state index contributed by atoms with van der Waals surface area (Å²) in [5.41, 5.74) is 10.1. The van der Waals surface area contributed by atoms with Gasteiger partial charge in [-0.25, -0.2) is 0 Å². The first-order valence-corrected chi connectivity index (χ1v) is 7.34. The van der Waals surface area contributed by atoms with Gasteiger partial charge in [-0.3, -0.25) is 4.90 Å². The molecule has 3 atom stereocenters. The van der Waals surface area contributed by atoms with Gasteiger partial charge in [-0.2, -0.15) is 0 Å². The molecule has 2 bridgehead atoms. The molecule has 3 heteroatoms. The van der Waals surface area contributed by atoms with E-state index in [4.69, 9.17) is 10.5 Å². The first kappa shape index (κ1) is 13.1. The van der Waals surface area contributed by atoms with Gasteiger partial charge in [0.05, 0.1) is 12.2 Å². The molecule has 3 unspecified atom stereocenters. The number of hydrogen-bond acceptors (Lipinski definition) is 3. The number of aryl methyl sites for hydroxylation is 2. The molecule has 0 aliphatic carbocycles. The van der Waals surface area contributed by atoms with Crippen LogP contribution in [0.15, 0.2) is 18.2 Å². The minimum atomic E-state index is 0.339. The average molecular weight is 260 g/mol. The van der Waals surface area contributed by atoms with E-state index in [9.17, 15) is 0 Å². The van der Waals surface area contributed by atoms with Gasteiger partial charge in [-0.1, -0.05) is 18.2 Å². The molecule has 3 nitrogen and oxygen atoms in total. The van der Waals surface area contributed by atoms with E-state index < -0.39 is 0 Å². The molecule has 0 radical (unpaired) electrons. The van der Waals surface area contributed by atoms with Gasteiger partial charge in [0.2, 0.25) is 0 Å². The van der Waals surface area contributed by atoms with Crippen molar-refractivity contribution < 1.29 is 4.74 Å². The molecule has 2 aliphatic rings. The Morgan fingerprint density at radius 1 is 1.21 bits per heavy atom. The molecule has 2 N–H and O–H groups in total. The average Bonchev–Trinajstić information content (AvgIpc) is 2.74. The lowest BCUT2D eigenvalue weighted by Gasteiger charge is -2.37. The normalized spacial score (nSPS) is 28.6. The van der Waals surface area contributed by atoms with E-state index in [1.807, 2.05) is 0 Å². The van der Waals surface area contributed by atoms with Crippen molar-refractivity contribution in [2.75, 3.05) is 19.6 Å². The number of ether oxygens (including phenoxy) is 1. The molecule has 1 aromatic rings. The second kappa shape index (κ2) is 5.23. The Balaban J connectivity index is 1.81. The summed E-state index contributed by atoms with van der Waals surface area (Å²) in [4.78, 5) is 2.52. The van der Waals surface area contributed by atoms with Crippen LogP contribution in [0.25, 0.3) is 0 Å². The standard InChI is InChI=1S/C16H24N2O/c1-11-3-4-13(7-12(11)2)16(8-17)18-9-14-5-6-15(10-18)19-14/h3-4,7,14-16H,5-6,8-10,17H2,1-2H3. The third kappa shape index (κ3) is 2.55. The maximum Gasteiger partial charge on any atom is 0.0707 e. The fourth-order valence-corrected chi connectivity index (χ4v) is 3.37. The Morgan fingerprint density at radius 2 is 1.89 bits per heavy atom. The maximum atomic E-state index is 6.05. The topological polar surface area (TPSA) is 38.5 Å². The Morgan fingerprint density at radius 3 is 2.47 bits per heavy atom. The highest BCUT2D eigenvalue weighted by atomic mass is 16.5. The summed E-state index contributed by atoms with van der Waals surface area (Å²) in [7, 11) is 0. The lowest BCUT2D eigenvalue weighted by molar-refractivity contribution is -0.0521. The number of hydrogen-bond donors (Lipinski definition) is 1. The molecular formula is C16H24N2O. The summed E-state index contributed by atoms with van der Waals surface area (Å²) in [6, 6.07) is 7.08. The van der Waals surface area contributed by atoms with Crippen LogP contribution in [0.3, 0.4) is 0 Å². The molecule has 2 fully saturated rings. The van der Waals surface area contributed by atoms with Crippen LogP contribution in [0.4, 0.5) is 0 Å². The second-order valence-corrected chi connectivity index (χ2v) is 6.01. The molecule has 104 valence electrons. The quantitative estimate of drug-likeness (QED) is 0.905. The molecule has 1 aromatic carbocycles. The molecule has 2 aliphatic heterocycles. The molecule has 2 heterocycles. The first-order chi connectivity index (χ1) is 9.17. The largest absolute Gasteiger partial charge is 0.372 e. The Bertz CT molecular complexity index is 448. The Kier molecular flexibility index (Phi) is 3.61. The monoisotopic (exact) mass is 260 g/mol. The van der Waals surface area contributed by atoms with E-state index in [2.05, 4.69) is 36.9 Å². The van der Waals surface area contributed by atoms with Gasteiger partial charge in [-0.05, 0) is 43.4 Å². The highest BCUT2D eigenvalue weighted by Gasteiger charge is 2.36. The molecule has 0 aromatic heterocycles. The zero-order valence-corrected chi connectivity index (χ0v) is 11.9. The molecule has 19 heavy (non-hydrogen) atoms. The second-order valence-electron chi connectivity index (χ2n) is 6.01. The number of likely N-dealkylation sites (tertiary alicyclic amines) is 1. The van der Waals surface area contributed by atoms with Gasteiger partial charge >= 0.3 is 0 Å². The van der Waals surface area contributed by atoms with Crippen LogP contribution in [-0.4, -0.2) is 36.7 Å². The maximum absolute atomic E-state index is 6.05. The molecule has 3 rings (SSSR count). The van der Waals surface area contributed by atoms with Gasteiger partial charge in [0, 0.05) is 25.7 Å². The van der Waals surface area contributed by atoms with Gasteiger partial charge in [0.25, 0.3) is 0 Å². The summed E-state index contributed by atoms with van der Waals surface area (Å²) < 4.78 is 5.92. The van der Waals surface area contributed by atoms with Crippen molar-refractivity contribution in [2.45, 2.75) is 44.9 Å². The van der Waals surface area contributed by atoms with E-state index in [0.29, 0.717) is 24.8 Å². The van der Waals surface area contributed by atoms with Gasteiger partial charge < -0.3 is 10.5 Å². The lowest BCUT2D eigenvalue weighted by Crippen LogP contribution is -2.46. The van der Waals surface area contributed by atoms with E-state index in [0.717, 1.165) is 13.1 Å². The molecule has 0 amide bonds. The van der Waals surface area contributed by atoms with Crippen LogP contribution in [-0.2, 0) is 4.74 Å². The van der Waals surface area contributed by atoms with Crippen LogP contribution < -0.4 is 5.73 Å². The molecule has 0 spiro atoms. The highest BCUT2D eigenvalue weighted by Crippen LogP contribution is 2.31. The fourth-order valence-electron chi connectivity index (χ4n) is 3.37. The van der Waals surface area contributed by atoms with Crippen molar-refractivity contribution in [2.24, 2.45) is 5.73 Å². The first-order valence-electron chi connectivity index (χ1n) is 7.34. The van der Waals surface area contributed by atoms with Crippen LogP contribution in [0.1, 0.15) is 35.6 Å². The lowest BCUT2D eigenvalue weighted by atomic mass is 9.99. The minimum Gasteiger partial charge on any atom is -0.372 e. The van der Waals surface area contributed by atoms with Crippen molar-refractivity contribution >= 4 is 0 Å². The van der Waals surface area contributed by atoms with Crippen molar-refractivity contribution in [3.05, 3.63) is 34.9 Å². The summed E-state index contributed by atoms with van der Waals surface area (Å²) >= 11 is 0. The predicted molar refractivity (Wildman–Crippen MR) is 77.2 cm³/mol.